The predicted molar refractivity (Wildman–Crippen MR) is 91.1 cm³/mol. The number of hydrogen-bond acceptors (Lipinski definition) is 8. The molecule has 0 spiro atoms. The number of anilines is 1. The van der Waals surface area contributed by atoms with Crippen LogP contribution in [0.2, 0.25) is 0 Å². The minimum Gasteiger partial charge on any atom is -0.465 e. The van der Waals surface area contributed by atoms with E-state index in [2.05, 4.69) is 15.2 Å². The van der Waals surface area contributed by atoms with Crippen molar-refractivity contribution >= 4 is 39.8 Å². The fourth-order valence-corrected chi connectivity index (χ4v) is 3.20. The Labute approximate surface area is 150 Å². The summed E-state index contributed by atoms with van der Waals surface area (Å²) in [7, 11) is 1.17. The van der Waals surface area contributed by atoms with Gasteiger partial charge in [-0.1, -0.05) is 0 Å². The molecule has 2 heterocycles. The average Bonchev–Trinajstić information content (AvgIpc) is 3.19. The SMILES string of the molecule is COC(=O)c1c(NC(=O)C(C)n2cc([N+](=O)[O-])cn2)sc(C(N)=O)c1C. The Morgan fingerprint density at radius 1 is 1.46 bits per heavy atom. The first-order valence-corrected chi connectivity index (χ1v) is 7.99. The number of hydrogen-bond donors (Lipinski definition) is 2. The maximum atomic E-state index is 12.4. The van der Waals surface area contributed by atoms with Gasteiger partial charge >= 0.3 is 11.7 Å². The number of primary amides is 1. The van der Waals surface area contributed by atoms with Crippen LogP contribution in [0.4, 0.5) is 10.7 Å². The van der Waals surface area contributed by atoms with Crippen LogP contribution in [-0.2, 0) is 9.53 Å². The summed E-state index contributed by atoms with van der Waals surface area (Å²) in [4.78, 5) is 46.1. The standard InChI is InChI=1S/C14H15N5O6S/c1-6-9(14(22)25-3)13(26-10(6)11(15)20)17-12(21)7(2)18-5-8(4-16-18)19(23)24/h4-5,7H,1-3H3,(H2,15,20)(H,17,21). The smallest absolute Gasteiger partial charge is 0.341 e. The zero-order chi connectivity index (χ0) is 19.6. The second-order valence-corrected chi connectivity index (χ2v) is 6.24. The molecule has 2 rings (SSSR count). The van der Waals surface area contributed by atoms with E-state index in [1.807, 2.05) is 0 Å². The highest BCUT2D eigenvalue weighted by Gasteiger charge is 2.27. The molecule has 1 atom stereocenters. The molecule has 0 aromatic carbocycles. The van der Waals surface area contributed by atoms with Gasteiger partial charge in [0.15, 0.2) is 0 Å². The number of thiophene rings is 1. The van der Waals surface area contributed by atoms with Crippen molar-refractivity contribution < 1.29 is 24.0 Å². The van der Waals surface area contributed by atoms with E-state index in [4.69, 9.17) is 5.73 Å². The van der Waals surface area contributed by atoms with Crippen molar-refractivity contribution in [3.63, 3.8) is 0 Å². The Morgan fingerprint density at radius 3 is 2.62 bits per heavy atom. The predicted octanol–water partition coefficient (Wildman–Crippen LogP) is 1.25. The number of nitrogens with one attached hydrogen (secondary N) is 1. The molecule has 11 nitrogen and oxygen atoms in total. The van der Waals surface area contributed by atoms with Crippen molar-refractivity contribution in [3.8, 4) is 0 Å². The normalized spacial score (nSPS) is 11.7. The number of esters is 1. The van der Waals surface area contributed by atoms with E-state index in [0.29, 0.717) is 5.56 Å². The van der Waals surface area contributed by atoms with Crippen LogP contribution >= 0.6 is 11.3 Å². The quantitative estimate of drug-likeness (QED) is 0.432. The molecule has 1 unspecified atom stereocenters. The van der Waals surface area contributed by atoms with E-state index in [1.165, 1.54) is 21.0 Å². The topological polar surface area (TPSA) is 159 Å². The molecular weight excluding hydrogens is 366 g/mol. The number of carbonyl (C=O) groups is 3. The molecule has 0 aliphatic rings. The van der Waals surface area contributed by atoms with Gasteiger partial charge in [0.1, 0.15) is 23.4 Å². The molecule has 2 aromatic heterocycles. The molecule has 2 aromatic rings. The molecule has 2 amide bonds. The van der Waals surface area contributed by atoms with Gasteiger partial charge in [-0.25, -0.2) is 4.79 Å². The van der Waals surface area contributed by atoms with Gasteiger partial charge in [-0.3, -0.25) is 24.4 Å². The number of carbonyl (C=O) groups excluding carboxylic acids is 3. The summed E-state index contributed by atoms with van der Waals surface area (Å²) in [5, 5.41) is 17.1. The van der Waals surface area contributed by atoms with Crippen molar-refractivity contribution in [2.45, 2.75) is 19.9 Å². The van der Waals surface area contributed by atoms with Crippen LogP contribution in [0, 0.1) is 17.0 Å². The first-order valence-electron chi connectivity index (χ1n) is 7.18. The van der Waals surface area contributed by atoms with Crippen LogP contribution in [0.25, 0.3) is 0 Å². The molecule has 12 heteroatoms. The van der Waals surface area contributed by atoms with Crippen LogP contribution in [0.5, 0.6) is 0 Å². The molecule has 0 aliphatic carbocycles. The third-order valence-electron chi connectivity index (χ3n) is 3.57. The first kappa shape index (κ1) is 19.1. The van der Waals surface area contributed by atoms with Crippen molar-refractivity contribution in [2.75, 3.05) is 12.4 Å². The van der Waals surface area contributed by atoms with Crippen LogP contribution in [0.3, 0.4) is 0 Å². The highest BCUT2D eigenvalue weighted by atomic mass is 32.1. The third-order valence-corrected chi connectivity index (χ3v) is 4.79. The Morgan fingerprint density at radius 2 is 2.12 bits per heavy atom. The lowest BCUT2D eigenvalue weighted by Crippen LogP contribution is -2.24. The molecule has 0 fully saturated rings. The summed E-state index contributed by atoms with van der Waals surface area (Å²) < 4.78 is 5.79. The molecule has 0 saturated carbocycles. The Hall–Kier alpha value is -3.28. The van der Waals surface area contributed by atoms with Crippen molar-refractivity contribution in [3.05, 3.63) is 38.5 Å². The van der Waals surface area contributed by atoms with Gasteiger partial charge in [-0.15, -0.1) is 11.3 Å². The number of ether oxygens (including phenoxy) is 1. The molecule has 0 bridgehead atoms. The molecular formula is C14H15N5O6S. The number of nitrogens with zero attached hydrogens (tertiary/aromatic N) is 3. The highest BCUT2D eigenvalue weighted by molar-refractivity contribution is 7.18. The summed E-state index contributed by atoms with van der Waals surface area (Å²) in [5.41, 5.74) is 5.34. The highest BCUT2D eigenvalue weighted by Crippen LogP contribution is 2.34. The lowest BCUT2D eigenvalue weighted by molar-refractivity contribution is -0.385. The number of amides is 2. The van der Waals surface area contributed by atoms with Crippen LogP contribution < -0.4 is 11.1 Å². The van der Waals surface area contributed by atoms with Gasteiger partial charge in [0.25, 0.3) is 5.91 Å². The van der Waals surface area contributed by atoms with Crippen molar-refractivity contribution in [1.82, 2.24) is 9.78 Å². The van der Waals surface area contributed by atoms with Crippen LogP contribution in [0.1, 0.15) is 38.6 Å². The van der Waals surface area contributed by atoms with Gasteiger partial charge < -0.3 is 15.8 Å². The van der Waals surface area contributed by atoms with E-state index < -0.39 is 28.7 Å². The van der Waals surface area contributed by atoms with E-state index in [1.54, 1.807) is 0 Å². The monoisotopic (exact) mass is 381 g/mol. The zero-order valence-electron chi connectivity index (χ0n) is 14.0. The fraction of sp³-hybridized carbons (Fsp3) is 0.286. The van der Waals surface area contributed by atoms with Crippen LogP contribution in [-0.4, -0.2) is 39.6 Å². The summed E-state index contributed by atoms with van der Waals surface area (Å²) in [5.74, 6) is -2.07. The van der Waals surface area contributed by atoms with Gasteiger partial charge in [-0.05, 0) is 19.4 Å². The number of aromatic nitrogens is 2. The van der Waals surface area contributed by atoms with E-state index in [-0.39, 0.29) is 21.1 Å². The van der Waals surface area contributed by atoms with Gasteiger partial charge in [0.2, 0.25) is 5.91 Å². The van der Waals surface area contributed by atoms with E-state index in [9.17, 15) is 24.5 Å². The zero-order valence-corrected chi connectivity index (χ0v) is 14.8. The molecule has 26 heavy (non-hydrogen) atoms. The lowest BCUT2D eigenvalue weighted by Gasteiger charge is -2.12. The van der Waals surface area contributed by atoms with Crippen LogP contribution in [0.15, 0.2) is 12.4 Å². The number of nitrogens with two attached hydrogens (primary N) is 1. The Balaban J connectivity index is 2.32. The maximum Gasteiger partial charge on any atom is 0.341 e. The maximum absolute atomic E-state index is 12.4. The summed E-state index contributed by atoms with van der Waals surface area (Å²) >= 11 is 0.844. The molecule has 0 aliphatic heterocycles. The van der Waals surface area contributed by atoms with E-state index >= 15 is 0 Å². The van der Waals surface area contributed by atoms with Gasteiger partial charge in [0.05, 0.1) is 22.5 Å². The van der Waals surface area contributed by atoms with Gasteiger partial charge in [0, 0.05) is 0 Å². The van der Waals surface area contributed by atoms with Crippen molar-refractivity contribution in [2.24, 2.45) is 5.73 Å². The Bertz CT molecular complexity index is 902. The lowest BCUT2D eigenvalue weighted by atomic mass is 10.1. The molecule has 0 saturated heterocycles. The largest absolute Gasteiger partial charge is 0.465 e. The second-order valence-electron chi connectivity index (χ2n) is 5.22. The van der Waals surface area contributed by atoms with Gasteiger partial charge in [-0.2, -0.15) is 5.10 Å². The summed E-state index contributed by atoms with van der Waals surface area (Å²) in [6.45, 7) is 2.98. The summed E-state index contributed by atoms with van der Waals surface area (Å²) in [6, 6.07) is -0.909. The number of rotatable bonds is 6. The Kier molecular flexibility index (Phi) is 5.35. The minimum atomic E-state index is -0.909. The molecule has 0 radical (unpaired) electrons. The molecule has 138 valence electrons. The summed E-state index contributed by atoms with van der Waals surface area (Å²) in [6.07, 6.45) is 2.13. The minimum absolute atomic E-state index is 0.0262. The second kappa shape index (κ2) is 7.31. The molecule has 3 N–H and O–H groups in total. The fourth-order valence-electron chi connectivity index (χ4n) is 2.15. The first-order chi connectivity index (χ1) is 12.2. The third kappa shape index (κ3) is 3.54. The average molecular weight is 381 g/mol. The number of methoxy groups -OCH3 is 1. The van der Waals surface area contributed by atoms with Crippen molar-refractivity contribution in [1.29, 1.82) is 0 Å². The van der Waals surface area contributed by atoms with E-state index in [0.717, 1.165) is 28.4 Å². The number of nitro groups is 1.